The Balaban J connectivity index is 1.70. The lowest BCUT2D eigenvalue weighted by molar-refractivity contribution is 0.104. The molecule has 2 aromatic rings. The van der Waals surface area contributed by atoms with Gasteiger partial charge in [-0.3, -0.25) is 4.90 Å². The zero-order valence-corrected chi connectivity index (χ0v) is 11.7. The Morgan fingerprint density at radius 1 is 1.40 bits per heavy atom. The third kappa shape index (κ3) is 2.76. The lowest BCUT2D eigenvalue weighted by Gasteiger charge is -2.25. The number of aryl methyl sites for hydroxylation is 1. The average Bonchev–Trinajstić information content (AvgIpc) is 3.08. The first-order chi connectivity index (χ1) is 9.74. The minimum atomic E-state index is -0.454. The van der Waals surface area contributed by atoms with E-state index in [4.69, 9.17) is 4.52 Å². The fourth-order valence-corrected chi connectivity index (χ4v) is 2.93. The van der Waals surface area contributed by atoms with E-state index >= 15 is 0 Å². The molecule has 1 fully saturated rings. The van der Waals surface area contributed by atoms with Crippen molar-refractivity contribution in [3.8, 4) is 0 Å². The van der Waals surface area contributed by atoms with Crippen LogP contribution in [0.25, 0.3) is 0 Å². The quantitative estimate of drug-likeness (QED) is 0.929. The van der Waals surface area contributed by atoms with Crippen LogP contribution in [-0.4, -0.2) is 28.3 Å². The Kier molecular flexibility index (Phi) is 3.85. The zero-order chi connectivity index (χ0) is 13.9. The predicted octanol–water partition coefficient (Wildman–Crippen LogP) is 2.85. The summed E-state index contributed by atoms with van der Waals surface area (Å²) in [6, 6.07) is 12.1. The second-order valence-electron chi connectivity index (χ2n) is 5.44. The first kappa shape index (κ1) is 13.3. The third-order valence-electron chi connectivity index (χ3n) is 3.94. The van der Waals surface area contributed by atoms with E-state index in [0.29, 0.717) is 6.54 Å². The Labute approximate surface area is 119 Å². The maximum Gasteiger partial charge on any atom is 0.133 e. The first-order valence-electron chi connectivity index (χ1n) is 7.14. The van der Waals surface area contributed by atoms with E-state index in [0.717, 1.165) is 36.4 Å². The Bertz CT molecular complexity index is 553. The summed E-state index contributed by atoms with van der Waals surface area (Å²) in [6.45, 7) is 3.55. The number of nitrogens with zero attached hydrogens (tertiary/aromatic N) is 2. The van der Waals surface area contributed by atoms with Gasteiger partial charge in [-0.1, -0.05) is 35.5 Å². The van der Waals surface area contributed by atoms with Crippen LogP contribution in [0.3, 0.4) is 0 Å². The van der Waals surface area contributed by atoms with Crippen LogP contribution in [0.1, 0.15) is 42.0 Å². The van der Waals surface area contributed by atoms with Gasteiger partial charge in [0.15, 0.2) is 0 Å². The monoisotopic (exact) mass is 272 g/mol. The van der Waals surface area contributed by atoms with Crippen molar-refractivity contribution in [2.75, 3.05) is 13.1 Å². The summed E-state index contributed by atoms with van der Waals surface area (Å²) >= 11 is 0. The molecule has 20 heavy (non-hydrogen) atoms. The number of aliphatic hydroxyl groups excluding tert-OH is 1. The van der Waals surface area contributed by atoms with Crippen molar-refractivity contribution in [2.45, 2.75) is 31.9 Å². The van der Waals surface area contributed by atoms with Gasteiger partial charge >= 0.3 is 0 Å². The fraction of sp³-hybridized carbons (Fsp3) is 0.438. The second kappa shape index (κ2) is 5.77. The van der Waals surface area contributed by atoms with Crippen molar-refractivity contribution < 1.29 is 9.63 Å². The highest BCUT2D eigenvalue weighted by molar-refractivity contribution is 5.18. The number of hydrogen-bond donors (Lipinski definition) is 1. The van der Waals surface area contributed by atoms with Crippen LogP contribution in [0, 0.1) is 6.92 Å². The molecule has 0 bridgehead atoms. The van der Waals surface area contributed by atoms with Crippen LogP contribution in [0.15, 0.2) is 40.9 Å². The second-order valence-corrected chi connectivity index (χ2v) is 5.44. The molecule has 1 saturated heterocycles. The van der Waals surface area contributed by atoms with E-state index in [9.17, 15) is 5.11 Å². The van der Waals surface area contributed by atoms with Gasteiger partial charge in [0.1, 0.15) is 11.5 Å². The standard InChI is InChI=1S/C16H20N2O2/c1-12-10-14(17-20-12)15-8-5-9-18(15)11-16(19)13-6-3-2-4-7-13/h2-4,6-7,10,15-16,19H,5,8-9,11H2,1H3/t15-,16-/m1/s1. The first-order valence-corrected chi connectivity index (χ1v) is 7.14. The molecule has 0 spiro atoms. The van der Waals surface area contributed by atoms with Gasteiger partial charge in [-0.25, -0.2) is 0 Å². The SMILES string of the molecule is Cc1cc([C@H]2CCCN2C[C@@H](O)c2ccccc2)no1. The topological polar surface area (TPSA) is 49.5 Å². The summed E-state index contributed by atoms with van der Waals surface area (Å²) in [4.78, 5) is 2.30. The van der Waals surface area contributed by atoms with Crippen LogP contribution >= 0.6 is 0 Å². The van der Waals surface area contributed by atoms with Crippen molar-refractivity contribution in [1.82, 2.24) is 10.1 Å². The van der Waals surface area contributed by atoms with Gasteiger partial charge in [-0.05, 0) is 31.9 Å². The van der Waals surface area contributed by atoms with Crippen LogP contribution in [-0.2, 0) is 0 Å². The zero-order valence-electron chi connectivity index (χ0n) is 11.7. The number of rotatable bonds is 4. The molecule has 4 heteroatoms. The smallest absolute Gasteiger partial charge is 0.133 e. The molecule has 3 rings (SSSR count). The van der Waals surface area contributed by atoms with Crippen molar-refractivity contribution in [1.29, 1.82) is 0 Å². The molecule has 106 valence electrons. The molecule has 1 aromatic carbocycles. The molecular weight excluding hydrogens is 252 g/mol. The number of hydrogen-bond acceptors (Lipinski definition) is 4. The van der Waals surface area contributed by atoms with Crippen LogP contribution < -0.4 is 0 Å². The lowest BCUT2D eigenvalue weighted by atomic mass is 10.1. The van der Waals surface area contributed by atoms with Gasteiger partial charge in [0, 0.05) is 12.6 Å². The van der Waals surface area contributed by atoms with Crippen LogP contribution in [0.2, 0.25) is 0 Å². The molecule has 2 atom stereocenters. The largest absolute Gasteiger partial charge is 0.387 e. The van der Waals surface area contributed by atoms with Gasteiger partial charge in [-0.2, -0.15) is 0 Å². The molecule has 1 aromatic heterocycles. The number of aliphatic hydroxyl groups is 1. The summed E-state index contributed by atoms with van der Waals surface area (Å²) in [5, 5.41) is 14.5. The molecular formula is C16H20N2O2. The highest BCUT2D eigenvalue weighted by atomic mass is 16.5. The maximum atomic E-state index is 10.4. The number of β-amino-alcohol motifs (C(OH)–C–C–N with tert-alkyl or cyclic N) is 1. The maximum absolute atomic E-state index is 10.4. The Hall–Kier alpha value is -1.65. The molecule has 1 N–H and O–H groups in total. The average molecular weight is 272 g/mol. The lowest BCUT2D eigenvalue weighted by Crippen LogP contribution is -2.28. The van der Waals surface area contributed by atoms with Crippen molar-refractivity contribution >= 4 is 0 Å². The summed E-state index contributed by atoms with van der Waals surface area (Å²) in [7, 11) is 0. The van der Waals surface area contributed by atoms with Gasteiger partial charge in [-0.15, -0.1) is 0 Å². The Morgan fingerprint density at radius 2 is 2.20 bits per heavy atom. The van der Waals surface area contributed by atoms with Gasteiger partial charge in [0.2, 0.25) is 0 Å². The summed E-state index contributed by atoms with van der Waals surface area (Å²) in [5.41, 5.74) is 1.95. The van der Waals surface area contributed by atoms with E-state index in [-0.39, 0.29) is 6.04 Å². The Morgan fingerprint density at radius 3 is 2.90 bits per heavy atom. The van der Waals surface area contributed by atoms with Gasteiger partial charge in [0.25, 0.3) is 0 Å². The van der Waals surface area contributed by atoms with E-state index in [1.165, 1.54) is 0 Å². The van der Waals surface area contributed by atoms with Crippen LogP contribution in [0.5, 0.6) is 0 Å². The molecule has 0 saturated carbocycles. The van der Waals surface area contributed by atoms with Gasteiger partial charge < -0.3 is 9.63 Å². The molecule has 4 nitrogen and oxygen atoms in total. The van der Waals surface area contributed by atoms with E-state index in [1.807, 2.05) is 43.3 Å². The molecule has 0 radical (unpaired) electrons. The summed E-state index contributed by atoms with van der Waals surface area (Å²) < 4.78 is 5.18. The summed E-state index contributed by atoms with van der Waals surface area (Å²) in [6.07, 6.45) is 1.76. The number of aromatic nitrogens is 1. The molecule has 0 aliphatic carbocycles. The number of likely N-dealkylation sites (tertiary alicyclic amines) is 1. The molecule has 1 aliphatic heterocycles. The fourth-order valence-electron chi connectivity index (χ4n) is 2.93. The molecule has 0 amide bonds. The highest BCUT2D eigenvalue weighted by Gasteiger charge is 2.29. The van der Waals surface area contributed by atoms with Gasteiger partial charge in [0.05, 0.1) is 12.1 Å². The van der Waals surface area contributed by atoms with Crippen molar-refractivity contribution in [3.63, 3.8) is 0 Å². The minimum absolute atomic E-state index is 0.269. The van der Waals surface area contributed by atoms with E-state index in [1.54, 1.807) is 0 Å². The third-order valence-corrected chi connectivity index (χ3v) is 3.94. The highest BCUT2D eigenvalue weighted by Crippen LogP contribution is 2.32. The normalized spacial score (nSPS) is 21.2. The van der Waals surface area contributed by atoms with E-state index in [2.05, 4.69) is 10.1 Å². The van der Waals surface area contributed by atoms with Crippen molar-refractivity contribution in [2.24, 2.45) is 0 Å². The summed E-state index contributed by atoms with van der Waals surface area (Å²) in [5.74, 6) is 0.843. The van der Waals surface area contributed by atoms with E-state index < -0.39 is 6.10 Å². The molecule has 2 heterocycles. The minimum Gasteiger partial charge on any atom is -0.387 e. The van der Waals surface area contributed by atoms with Crippen LogP contribution in [0.4, 0.5) is 0 Å². The molecule has 1 aliphatic rings. The van der Waals surface area contributed by atoms with Crippen molar-refractivity contribution in [3.05, 3.63) is 53.4 Å². The molecule has 0 unspecified atom stereocenters. The number of benzene rings is 1. The predicted molar refractivity (Wildman–Crippen MR) is 76.2 cm³/mol.